The van der Waals surface area contributed by atoms with Crippen molar-refractivity contribution in [1.82, 2.24) is 10.3 Å². The van der Waals surface area contributed by atoms with Gasteiger partial charge in [0.25, 0.3) is 5.91 Å². The highest BCUT2D eigenvalue weighted by Gasteiger charge is 2.43. The first-order valence-corrected chi connectivity index (χ1v) is 10.8. The van der Waals surface area contributed by atoms with Crippen molar-refractivity contribution in [1.29, 1.82) is 0 Å². The number of ether oxygens (including phenoxy) is 1. The molecule has 2 aliphatic heterocycles. The quantitative estimate of drug-likeness (QED) is 0.815. The van der Waals surface area contributed by atoms with Gasteiger partial charge in [-0.1, -0.05) is 26.0 Å². The van der Waals surface area contributed by atoms with E-state index in [-0.39, 0.29) is 11.7 Å². The fourth-order valence-electron chi connectivity index (χ4n) is 4.15. The lowest BCUT2D eigenvalue weighted by Gasteiger charge is -2.44. The van der Waals surface area contributed by atoms with Crippen LogP contribution in [0, 0.1) is 5.92 Å². The van der Waals surface area contributed by atoms with E-state index >= 15 is 0 Å². The van der Waals surface area contributed by atoms with E-state index in [1.54, 1.807) is 6.20 Å². The van der Waals surface area contributed by atoms with Crippen LogP contribution in [0.25, 0.3) is 0 Å². The maximum atomic E-state index is 12.6. The second kappa shape index (κ2) is 8.46. The Hall–Kier alpha value is -2.89. The maximum absolute atomic E-state index is 12.6. The third-order valence-electron chi connectivity index (χ3n) is 6.01. The lowest BCUT2D eigenvalue weighted by atomic mass is 9.82. The van der Waals surface area contributed by atoms with E-state index < -0.39 is 5.60 Å². The van der Waals surface area contributed by atoms with Crippen LogP contribution in [-0.2, 0) is 0 Å². The van der Waals surface area contributed by atoms with Crippen molar-refractivity contribution in [3.63, 3.8) is 0 Å². The number of nitrogens with zero attached hydrogens (tertiary/aromatic N) is 2. The van der Waals surface area contributed by atoms with Gasteiger partial charge in [-0.3, -0.25) is 9.59 Å². The number of piperidine rings is 1. The highest BCUT2D eigenvalue weighted by Crippen LogP contribution is 2.39. The van der Waals surface area contributed by atoms with Crippen molar-refractivity contribution in [2.75, 3.05) is 24.5 Å². The van der Waals surface area contributed by atoms with Gasteiger partial charge in [-0.15, -0.1) is 0 Å². The summed E-state index contributed by atoms with van der Waals surface area (Å²) in [6, 6.07) is 11.2. The van der Waals surface area contributed by atoms with E-state index in [1.165, 1.54) is 0 Å². The predicted octanol–water partition coefficient (Wildman–Crippen LogP) is 3.86. The van der Waals surface area contributed by atoms with Gasteiger partial charge in [0.2, 0.25) is 0 Å². The number of nitrogens with one attached hydrogen (secondary N) is 1. The summed E-state index contributed by atoms with van der Waals surface area (Å²) in [7, 11) is 0. The van der Waals surface area contributed by atoms with Crippen LogP contribution in [0.3, 0.4) is 0 Å². The van der Waals surface area contributed by atoms with Crippen molar-refractivity contribution in [3.8, 4) is 5.75 Å². The number of rotatable bonds is 5. The van der Waals surface area contributed by atoms with Crippen LogP contribution < -0.4 is 15.0 Å². The first-order valence-electron chi connectivity index (χ1n) is 10.8. The van der Waals surface area contributed by atoms with E-state index in [9.17, 15) is 9.59 Å². The fraction of sp³-hybridized carbons (Fsp3) is 0.458. The second-order valence-corrected chi connectivity index (χ2v) is 8.71. The molecule has 1 spiro atoms. The molecule has 0 unspecified atom stereocenters. The molecule has 0 radical (unpaired) electrons. The van der Waals surface area contributed by atoms with Crippen LogP contribution in [0.2, 0.25) is 0 Å². The Kier molecular flexibility index (Phi) is 5.75. The maximum Gasteiger partial charge on any atom is 0.252 e. The molecular formula is C24H29N3O3. The fourth-order valence-corrected chi connectivity index (χ4v) is 4.15. The Morgan fingerprint density at radius 1 is 1.20 bits per heavy atom. The Bertz CT molecular complexity index is 916. The summed E-state index contributed by atoms with van der Waals surface area (Å²) in [5, 5.41) is 2.94. The molecule has 0 atom stereocenters. The van der Waals surface area contributed by atoms with Gasteiger partial charge in [0.15, 0.2) is 5.78 Å². The average molecular weight is 408 g/mol. The molecule has 4 rings (SSSR count). The van der Waals surface area contributed by atoms with Crippen LogP contribution in [0.4, 0.5) is 5.82 Å². The minimum Gasteiger partial charge on any atom is -0.486 e. The van der Waals surface area contributed by atoms with Gasteiger partial charge in [0.1, 0.15) is 17.2 Å². The molecule has 0 saturated carbocycles. The van der Waals surface area contributed by atoms with Crippen molar-refractivity contribution in [2.45, 2.75) is 45.1 Å². The van der Waals surface area contributed by atoms with Crippen molar-refractivity contribution in [3.05, 3.63) is 53.7 Å². The number of benzene rings is 1. The number of ketones is 1. The second-order valence-electron chi connectivity index (χ2n) is 8.71. The monoisotopic (exact) mass is 407 g/mol. The molecule has 1 amide bonds. The van der Waals surface area contributed by atoms with E-state index in [0.29, 0.717) is 35.8 Å². The number of hydrogen-bond donors (Lipinski definition) is 1. The van der Waals surface area contributed by atoms with Crippen molar-refractivity contribution < 1.29 is 14.3 Å². The van der Waals surface area contributed by atoms with Crippen molar-refractivity contribution in [2.24, 2.45) is 5.92 Å². The molecule has 30 heavy (non-hydrogen) atoms. The molecule has 2 aliphatic rings. The number of aromatic nitrogens is 1. The zero-order chi connectivity index (χ0) is 21.1. The number of hydrogen-bond acceptors (Lipinski definition) is 5. The molecule has 1 aromatic carbocycles. The standard InChI is InChI=1S/C24H29N3O3/c1-17(2)9-12-25-23(29)18-7-8-22(26-16-18)27-13-10-24(11-14-27)15-20(28)19-5-3-4-6-21(19)30-24/h3-8,16-17H,9-15H2,1-2H3,(H,25,29). The van der Waals surface area contributed by atoms with Crippen molar-refractivity contribution >= 4 is 17.5 Å². The first kappa shape index (κ1) is 20.4. The van der Waals surface area contributed by atoms with Crippen LogP contribution in [0.15, 0.2) is 42.6 Å². The summed E-state index contributed by atoms with van der Waals surface area (Å²) in [5.74, 6) is 2.20. The first-order chi connectivity index (χ1) is 14.5. The Labute approximate surface area is 177 Å². The molecule has 0 aliphatic carbocycles. The van der Waals surface area contributed by atoms with Gasteiger partial charge in [-0.25, -0.2) is 4.98 Å². The molecule has 6 heteroatoms. The molecule has 1 N–H and O–H groups in total. The molecule has 6 nitrogen and oxygen atoms in total. The number of fused-ring (bicyclic) bond motifs is 1. The molecule has 1 fully saturated rings. The summed E-state index contributed by atoms with van der Waals surface area (Å²) in [6.07, 6.45) is 4.57. The normalized spacial score (nSPS) is 17.6. The lowest BCUT2D eigenvalue weighted by molar-refractivity contribution is 0.0231. The predicted molar refractivity (Wildman–Crippen MR) is 116 cm³/mol. The Balaban J connectivity index is 1.36. The van der Waals surface area contributed by atoms with Gasteiger partial charge in [0, 0.05) is 38.7 Å². The summed E-state index contributed by atoms with van der Waals surface area (Å²) in [6.45, 7) is 6.48. The molecule has 0 bridgehead atoms. The highest BCUT2D eigenvalue weighted by atomic mass is 16.5. The van der Waals surface area contributed by atoms with Gasteiger partial charge < -0.3 is 15.0 Å². The Morgan fingerprint density at radius 2 is 1.97 bits per heavy atom. The third kappa shape index (κ3) is 4.32. The van der Waals surface area contributed by atoms with Crippen LogP contribution in [-0.4, -0.2) is 41.9 Å². The molecule has 1 saturated heterocycles. The van der Waals surface area contributed by atoms with Gasteiger partial charge in [-0.2, -0.15) is 0 Å². The van der Waals surface area contributed by atoms with Gasteiger partial charge >= 0.3 is 0 Å². The smallest absolute Gasteiger partial charge is 0.252 e. The zero-order valence-electron chi connectivity index (χ0n) is 17.7. The van der Waals surface area contributed by atoms with Gasteiger partial charge in [0.05, 0.1) is 17.5 Å². The minimum atomic E-state index is -0.418. The summed E-state index contributed by atoms with van der Waals surface area (Å²) in [4.78, 5) is 31.5. The molecule has 3 heterocycles. The summed E-state index contributed by atoms with van der Waals surface area (Å²) >= 11 is 0. The van der Waals surface area contributed by atoms with Crippen LogP contribution >= 0.6 is 0 Å². The highest BCUT2D eigenvalue weighted by molar-refractivity contribution is 6.00. The number of amides is 1. The summed E-state index contributed by atoms with van der Waals surface area (Å²) < 4.78 is 6.30. The van der Waals surface area contributed by atoms with E-state index in [1.807, 2.05) is 36.4 Å². The van der Waals surface area contributed by atoms with Gasteiger partial charge in [-0.05, 0) is 36.6 Å². The number of carbonyl (C=O) groups excluding carboxylic acids is 2. The Morgan fingerprint density at radius 3 is 2.67 bits per heavy atom. The summed E-state index contributed by atoms with van der Waals surface area (Å²) in [5.41, 5.74) is 0.848. The number of pyridine rings is 1. The minimum absolute atomic E-state index is 0.0833. The number of para-hydroxylation sites is 1. The molecule has 1 aromatic heterocycles. The zero-order valence-corrected chi connectivity index (χ0v) is 17.7. The topological polar surface area (TPSA) is 71.5 Å². The third-order valence-corrected chi connectivity index (χ3v) is 6.01. The number of Topliss-reactive ketones (excluding diaryl/α,β-unsaturated/α-hetero) is 1. The SMILES string of the molecule is CC(C)CCNC(=O)c1ccc(N2CCC3(CC2)CC(=O)c2ccccc2O3)nc1. The average Bonchev–Trinajstić information content (AvgIpc) is 2.74. The van der Waals surface area contributed by atoms with Crippen LogP contribution in [0.1, 0.15) is 60.2 Å². The lowest BCUT2D eigenvalue weighted by Crippen LogP contribution is -2.51. The largest absolute Gasteiger partial charge is 0.486 e. The number of anilines is 1. The molecular weight excluding hydrogens is 378 g/mol. The molecule has 158 valence electrons. The molecule has 2 aromatic rings. The van der Waals surface area contributed by atoms with E-state index in [2.05, 4.69) is 29.0 Å². The van der Waals surface area contributed by atoms with Crippen LogP contribution in [0.5, 0.6) is 5.75 Å². The number of carbonyl (C=O) groups is 2. The van der Waals surface area contributed by atoms with E-state index in [0.717, 1.165) is 38.2 Å². The van der Waals surface area contributed by atoms with E-state index in [4.69, 9.17) is 4.74 Å².